The summed E-state index contributed by atoms with van der Waals surface area (Å²) < 4.78 is 51.5. The van der Waals surface area contributed by atoms with Gasteiger partial charge in [0.1, 0.15) is 5.82 Å². The first kappa shape index (κ1) is 29.5. The number of carboxylic acid groups (broad SMARTS) is 1. The van der Waals surface area contributed by atoms with Crippen LogP contribution >= 0.6 is 45.7 Å². The second-order valence-corrected chi connectivity index (χ2v) is 14.0. The van der Waals surface area contributed by atoms with Gasteiger partial charge in [-0.25, -0.2) is 17.8 Å². The van der Waals surface area contributed by atoms with E-state index >= 15 is 0 Å². The first-order valence-electron chi connectivity index (χ1n) is 11.2. The first-order chi connectivity index (χ1) is 17.0. The maximum atomic E-state index is 13.4. The Morgan fingerprint density at radius 3 is 2.39 bits per heavy atom. The normalized spacial score (nSPS) is 21.8. The molecule has 200 valence electrons. The Bertz CT molecular complexity index is 1010. The Hall–Kier alpha value is -1.09. The molecule has 2 saturated heterocycles. The standard InChI is InChI=1S/C21H28FN3S4.C2HF3O2/c1-29-10-8-24(9-11-29)28-25-14-17(16-2-4-18(22)5-3-16)12-19(25)15-26-21-7-6-20(13-23)27-21;3-2(4,5)1(6)7/h2-7,17,19H,1,8-15,23H2;(H,6,7). The van der Waals surface area contributed by atoms with Crippen molar-refractivity contribution in [2.24, 2.45) is 5.73 Å². The minimum Gasteiger partial charge on any atom is -0.475 e. The third-order valence-electron chi connectivity index (χ3n) is 5.68. The minimum absolute atomic E-state index is 0.157. The molecule has 2 aliphatic heterocycles. The largest absolute Gasteiger partial charge is 0.490 e. The van der Waals surface area contributed by atoms with Crippen molar-refractivity contribution < 1.29 is 27.5 Å². The van der Waals surface area contributed by atoms with Crippen LogP contribution in [0, 0.1) is 5.82 Å². The Labute approximate surface area is 223 Å². The summed E-state index contributed by atoms with van der Waals surface area (Å²) in [5.74, 6) is 5.28. The Morgan fingerprint density at radius 1 is 1.19 bits per heavy atom. The molecule has 0 bridgehead atoms. The van der Waals surface area contributed by atoms with Crippen LogP contribution in [0.15, 0.2) is 40.6 Å². The van der Waals surface area contributed by atoms with Gasteiger partial charge < -0.3 is 10.8 Å². The number of thioether (sulfide) groups is 1. The first-order valence-corrected chi connectivity index (χ1v) is 15.5. The summed E-state index contributed by atoms with van der Waals surface area (Å²) in [5, 5.41) is 7.12. The Kier molecular flexibility index (Phi) is 11.2. The van der Waals surface area contributed by atoms with Gasteiger partial charge >= 0.3 is 12.1 Å². The number of rotatable bonds is 7. The van der Waals surface area contributed by atoms with E-state index in [1.165, 1.54) is 26.2 Å². The van der Waals surface area contributed by atoms with Crippen LogP contribution in [0.5, 0.6) is 0 Å². The zero-order chi connectivity index (χ0) is 26.3. The summed E-state index contributed by atoms with van der Waals surface area (Å²) in [7, 11) is 0.339. The van der Waals surface area contributed by atoms with Crippen molar-refractivity contribution in [2.45, 2.75) is 35.3 Å². The number of aliphatic carboxylic acids is 1. The number of nitrogens with two attached hydrogens (primary N) is 1. The summed E-state index contributed by atoms with van der Waals surface area (Å²) in [6.45, 7) is 3.89. The predicted octanol–water partition coefficient (Wildman–Crippen LogP) is 5.51. The molecule has 2 atom stereocenters. The lowest BCUT2D eigenvalue weighted by Gasteiger charge is -2.32. The van der Waals surface area contributed by atoms with Crippen LogP contribution in [0.1, 0.15) is 22.8 Å². The molecule has 0 saturated carbocycles. The van der Waals surface area contributed by atoms with E-state index in [2.05, 4.69) is 26.6 Å². The second kappa shape index (κ2) is 13.6. The zero-order valence-electron chi connectivity index (χ0n) is 19.5. The van der Waals surface area contributed by atoms with Gasteiger partial charge in [-0.2, -0.15) is 23.7 Å². The number of hydrogen-bond donors (Lipinski definition) is 2. The van der Waals surface area contributed by atoms with E-state index in [-0.39, 0.29) is 5.82 Å². The third-order valence-corrected chi connectivity index (χ3v) is 10.9. The molecule has 13 heteroatoms. The molecule has 3 N–H and O–H groups in total. The van der Waals surface area contributed by atoms with Gasteiger partial charge in [-0.1, -0.05) is 18.0 Å². The topological polar surface area (TPSA) is 69.8 Å². The molecule has 2 aliphatic rings. The average molecular weight is 584 g/mol. The van der Waals surface area contributed by atoms with Gasteiger partial charge in [0, 0.05) is 66.5 Å². The molecule has 1 aromatic heterocycles. The second-order valence-electron chi connectivity index (χ2n) is 8.31. The molecule has 0 aliphatic carbocycles. The van der Waals surface area contributed by atoms with Crippen LogP contribution in [0.3, 0.4) is 0 Å². The molecule has 2 aromatic rings. The predicted molar refractivity (Wildman–Crippen MR) is 144 cm³/mol. The highest BCUT2D eigenvalue weighted by atomic mass is 32.2. The van der Waals surface area contributed by atoms with Gasteiger partial charge in [0.05, 0.1) is 4.21 Å². The molecule has 5 nitrogen and oxygen atoms in total. The van der Waals surface area contributed by atoms with Gasteiger partial charge in [-0.15, -0.1) is 23.1 Å². The van der Waals surface area contributed by atoms with Gasteiger partial charge in [0.2, 0.25) is 0 Å². The minimum atomic E-state index is -5.08. The Balaban J connectivity index is 0.000000454. The van der Waals surface area contributed by atoms with Crippen LogP contribution < -0.4 is 5.73 Å². The van der Waals surface area contributed by atoms with Gasteiger partial charge in [-0.05, 0) is 42.2 Å². The van der Waals surface area contributed by atoms with Crippen molar-refractivity contribution in [1.29, 1.82) is 0 Å². The fourth-order valence-electron chi connectivity index (χ4n) is 3.74. The SMILES string of the molecule is C=S1CCN(SN2CC(c3ccc(F)cc3)CC2CSc2ccc(CN)s2)CC1.O=C(O)C(F)(F)F. The summed E-state index contributed by atoms with van der Waals surface area (Å²) in [6.07, 6.45) is -3.96. The molecule has 0 spiro atoms. The number of hydrogen-bond acceptors (Lipinski definition) is 7. The Morgan fingerprint density at radius 2 is 1.83 bits per heavy atom. The van der Waals surface area contributed by atoms with Gasteiger partial charge in [0.25, 0.3) is 0 Å². The van der Waals surface area contributed by atoms with Gasteiger partial charge in [0.15, 0.2) is 0 Å². The third kappa shape index (κ3) is 9.03. The summed E-state index contributed by atoms with van der Waals surface area (Å²) in [4.78, 5) is 10.1. The zero-order valence-corrected chi connectivity index (χ0v) is 22.7. The molecule has 0 amide bonds. The highest BCUT2D eigenvalue weighted by Crippen LogP contribution is 2.40. The highest BCUT2D eigenvalue weighted by molar-refractivity contribution is 8.14. The van der Waals surface area contributed by atoms with E-state index in [0.29, 0.717) is 29.0 Å². The number of alkyl halides is 3. The molecule has 0 radical (unpaired) electrons. The lowest BCUT2D eigenvalue weighted by Crippen LogP contribution is -2.35. The molecule has 2 fully saturated rings. The fourth-order valence-corrected chi connectivity index (χ4v) is 8.63. The maximum Gasteiger partial charge on any atom is 0.490 e. The van der Waals surface area contributed by atoms with Crippen molar-refractivity contribution in [3.63, 3.8) is 0 Å². The van der Waals surface area contributed by atoms with Crippen LogP contribution in [0.2, 0.25) is 0 Å². The van der Waals surface area contributed by atoms with Crippen molar-refractivity contribution >= 4 is 57.6 Å². The van der Waals surface area contributed by atoms with Crippen LogP contribution in [-0.2, 0) is 11.3 Å². The van der Waals surface area contributed by atoms with E-state index in [4.69, 9.17) is 15.6 Å². The number of halogens is 4. The monoisotopic (exact) mass is 583 g/mol. The van der Waals surface area contributed by atoms with Crippen molar-refractivity contribution in [3.8, 4) is 0 Å². The van der Waals surface area contributed by atoms with E-state index in [9.17, 15) is 17.6 Å². The van der Waals surface area contributed by atoms with Gasteiger partial charge in [-0.3, -0.25) is 0 Å². The maximum absolute atomic E-state index is 13.4. The smallest absolute Gasteiger partial charge is 0.475 e. The molecular weight excluding hydrogens is 555 g/mol. The van der Waals surface area contributed by atoms with Crippen molar-refractivity contribution in [2.75, 3.05) is 36.9 Å². The number of carbonyl (C=O) groups is 1. The van der Waals surface area contributed by atoms with E-state index < -0.39 is 12.1 Å². The van der Waals surface area contributed by atoms with E-state index in [1.54, 1.807) is 23.5 Å². The van der Waals surface area contributed by atoms with Crippen LogP contribution in [-0.4, -0.2) is 74.7 Å². The quantitative estimate of drug-likeness (QED) is 0.193. The molecule has 36 heavy (non-hydrogen) atoms. The molecule has 4 rings (SSSR count). The lowest BCUT2D eigenvalue weighted by molar-refractivity contribution is -0.192. The number of nitrogens with zero attached hydrogens (tertiary/aromatic N) is 2. The fraction of sp³-hybridized carbons (Fsp3) is 0.478. The molecule has 1 aromatic carbocycles. The average Bonchev–Trinajstić information content (AvgIpc) is 3.46. The van der Waals surface area contributed by atoms with Crippen molar-refractivity contribution in [3.05, 3.63) is 52.7 Å². The number of thiophene rings is 1. The number of carboxylic acids is 1. The molecule has 3 heterocycles. The van der Waals surface area contributed by atoms with Crippen molar-refractivity contribution in [1.82, 2.24) is 8.61 Å². The van der Waals surface area contributed by atoms with E-state index in [1.807, 2.05) is 36.0 Å². The van der Waals surface area contributed by atoms with Crippen LogP contribution in [0.25, 0.3) is 0 Å². The molecular formula is C23H29F4N3O2S4. The lowest BCUT2D eigenvalue weighted by atomic mass is 9.97. The molecule has 2 unspecified atom stereocenters. The summed E-state index contributed by atoms with van der Waals surface area (Å²) in [5.41, 5.74) is 7.02. The summed E-state index contributed by atoms with van der Waals surface area (Å²) in [6, 6.07) is 11.9. The van der Waals surface area contributed by atoms with Crippen LogP contribution in [0.4, 0.5) is 17.6 Å². The number of benzene rings is 1. The summed E-state index contributed by atoms with van der Waals surface area (Å²) >= 11 is 5.67. The highest BCUT2D eigenvalue weighted by Gasteiger charge is 2.38. The van der Waals surface area contributed by atoms with E-state index in [0.717, 1.165) is 31.8 Å².